The molecule has 3 aromatic rings. The van der Waals surface area contributed by atoms with Crippen LogP contribution in [0.2, 0.25) is 0 Å². The van der Waals surface area contributed by atoms with E-state index in [1.54, 1.807) is 17.3 Å². The number of hydrogen-bond acceptors (Lipinski definition) is 6. The summed E-state index contributed by atoms with van der Waals surface area (Å²) >= 11 is 1.34. The van der Waals surface area contributed by atoms with Gasteiger partial charge >= 0.3 is 5.97 Å². The number of aliphatic carboxylic acids is 1. The van der Waals surface area contributed by atoms with Crippen molar-refractivity contribution in [3.8, 4) is 17.1 Å². The Morgan fingerprint density at radius 2 is 1.94 bits per heavy atom. The Kier molecular flexibility index (Phi) is 6.55. The summed E-state index contributed by atoms with van der Waals surface area (Å²) in [6, 6.07) is 9.98. The number of amides is 1. The van der Waals surface area contributed by atoms with Gasteiger partial charge in [-0.15, -0.1) is 10.2 Å². The summed E-state index contributed by atoms with van der Waals surface area (Å²) < 4.78 is 1.97. The third-order valence-corrected chi connectivity index (χ3v) is 6.58. The molecular formula is C23H25N5O3S. The molecule has 1 aromatic carbocycles. The number of aromatic nitrogens is 4. The maximum atomic E-state index is 12.8. The molecule has 0 spiro atoms. The van der Waals surface area contributed by atoms with Crippen molar-refractivity contribution in [3.63, 3.8) is 0 Å². The number of pyridine rings is 1. The highest BCUT2D eigenvalue weighted by Crippen LogP contribution is 2.30. The Labute approximate surface area is 190 Å². The number of nitrogens with zero attached hydrogens (tertiary/aromatic N) is 5. The van der Waals surface area contributed by atoms with Crippen LogP contribution in [0, 0.1) is 19.8 Å². The minimum absolute atomic E-state index is 0.0167. The van der Waals surface area contributed by atoms with Crippen LogP contribution >= 0.6 is 11.8 Å². The van der Waals surface area contributed by atoms with Crippen molar-refractivity contribution in [2.24, 2.45) is 5.92 Å². The molecular weight excluding hydrogens is 426 g/mol. The number of aryl methyl sites for hydroxylation is 2. The second-order valence-corrected chi connectivity index (χ2v) is 8.90. The summed E-state index contributed by atoms with van der Waals surface area (Å²) in [7, 11) is 0. The molecule has 0 radical (unpaired) electrons. The highest BCUT2D eigenvalue weighted by molar-refractivity contribution is 7.99. The van der Waals surface area contributed by atoms with Crippen LogP contribution in [-0.4, -0.2) is 60.5 Å². The second-order valence-electron chi connectivity index (χ2n) is 7.96. The first kappa shape index (κ1) is 22.0. The lowest BCUT2D eigenvalue weighted by molar-refractivity contribution is -0.145. The third-order valence-electron chi connectivity index (χ3n) is 5.67. The number of carboxylic acids is 1. The molecule has 1 N–H and O–H groups in total. The maximum Gasteiger partial charge on any atom is 0.306 e. The van der Waals surface area contributed by atoms with Crippen molar-refractivity contribution in [1.82, 2.24) is 24.6 Å². The van der Waals surface area contributed by atoms with Crippen LogP contribution in [-0.2, 0) is 9.59 Å². The zero-order chi connectivity index (χ0) is 22.7. The first-order chi connectivity index (χ1) is 15.4. The quantitative estimate of drug-likeness (QED) is 0.574. The molecule has 1 saturated heterocycles. The third kappa shape index (κ3) is 4.67. The molecule has 1 aliphatic heterocycles. The molecule has 0 aliphatic carbocycles. The number of benzene rings is 1. The minimum atomic E-state index is -0.782. The van der Waals surface area contributed by atoms with Gasteiger partial charge in [0.1, 0.15) is 0 Å². The van der Waals surface area contributed by atoms with Crippen LogP contribution in [0.5, 0.6) is 0 Å². The Balaban J connectivity index is 1.57. The van der Waals surface area contributed by atoms with Crippen molar-refractivity contribution < 1.29 is 14.7 Å². The number of carbonyl (C=O) groups excluding carboxylic acids is 1. The lowest BCUT2D eigenvalue weighted by atomic mass is 9.97. The molecule has 3 heterocycles. The normalized spacial score (nSPS) is 14.5. The Morgan fingerprint density at radius 1 is 1.16 bits per heavy atom. The molecule has 2 aromatic heterocycles. The average Bonchev–Trinajstić information content (AvgIpc) is 3.21. The molecule has 0 atom stereocenters. The number of piperidine rings is 1. The topological polar surface area (TPSA) is 101 Å². The summed E-state index contributed by atoms with van der Waals surface area (Å²) in [5.41, 5.74) is 4.04. The zero-order valence-corrected chi connectivity index (χ0v) is 18.9. The van der Waals surface area contributed by atoms with E-state index in [-0.39, 0.29) is 17.6 Å². The predicted octanol–water partition coefficient (Wildman–Crippen LogP) is 3.36. The predicted molar refractivity (Wildman–Crippen MR) is 122 cm³/mol. The molecule has 4 rings (SSSR count). The number of rotatable bonds is 6. The van der Waals surface area contributed by atoms with Gasteiger partial charge in [0, 0.05) is 31.0 Å². The van der Waals surface area contributed by atoms with E-state index < -0.39 is 5.97 Å². The molecule has 166 valence electrons. The smallest absolute Gasteiger partial charge is 0.306 e. The van der Waals surface area contributed by atoms with E-state index in [2.05, 4.69) is 21.2 Å². The minimum Gasteiger partial charge on any atom is -0.481 e. The van der Waals surface area contributed by atoms with Crippen molar-refractivity contribution in [1.29, 1.82) is 0 Å². The monoisotopic (exact) mass is 451 g/mol. The van der Waals surface area contributed by atoms with E-state index in [9.17, 15) is 9.59 Å². The Hall–Kier alpha value is -3.20. The number of carbonyl (C=O) groups is 2. The van der Waals surface area contributed by atoms with Gasteiger partial charge in [-0.1, -0.05) is 29.5 Å². The van der Waals surface area contributed by atoms with Gasteiger partial charge < -0.3 is 10.0 Å². The van der Waals surface area contributed by atoms with E-state index in [4.69, 9.17) is 5.11 Å². The molecule has 0 unspecified atom stereocenters. The van der Waals surface area contributed by atoms with Crippen molar-refractivity contribution in [2.45, 2.75) is 31.8 Å². The largest absolute Gasteiger partial charge is 0.481 e. The average molecular weight is 452 g/mol. The molecule has 8 nitrogen and oxygen atoms in total. The van der Waals surface area contributed by atoms with Gasteiger partial charge in [-0.3, -0.25) is 19.1 Å². The van der Waals surface area contributed by atoms with Crippen LogP contribution in [0.25, 0.3) is 17.1 Å². The molecule has 32 heavy (non-hydrogen) atoms. The summed E-state index contributed by atoms with van der Waals surface area (Å²) in [5.74, 6) is -0.273. The number of hydrogen-bond donors (Lipinski definition) is 1. The van der Waals surface area contributed by atoms with Gasteiger partial charge in [0.05, 0.1) is 17.4 Å². The van der Waals surface area contributed by atoms with Crippen molar-refractivity contribution >= 4 is 23.6 Å². The van der Waals surface area contributed by atoms with Gasteiger partial charge in [0.15, 0.2) is 11.0 Å². The van der Waals surface area contributed by atoms with Gasteiger partial charge in [0.2, 0.25) is 5.91 Å². The standard InChI is InChI=1S/C23H25N5O3S/c1-15-5-6-19(16(2)12-15)28-21(18-4-3-9-24-13-18)25-26-23(28)32-14-20(29)27-10-7-17(8-11-27)22(30)31/h3-6,9,12-13,17H,7-8,10-11,14H2,1-2H3,(H,30,31). The van der Waals surface area contributed by atoms with E-state index in [1.807, 2.05) is 42.7 Å². The van der Waals surface area contributed by atoms with Gasteiger partial charge in [-0.05, 0) is 50.5 Å². The Bertz CT molecular complexity index is 1120. The lowest BCUT2D eigenvalue weighted by Gasteiger charge is -2.30. The van der Waals surface area contributed by atoms with E-state index in [0.29, 0.717) is 36.9 Å². The molecule has 1 aliphatic rings. The molecule has 0 saturated carbocycles. The van der Waals surface area contributed by atoms with Gasteiger partial charge in [0.25, 0.3) is 0 Å². The zero-order valence-electron chi connectivity index (χ0n) is 18.1. The van der Waals surface area contributed by atoms with Gasteiger partial charge in [-0.25, -0.2) is 0 Å². The molecule has 1 fully saturated rings. The van der Waals surface area contributed by atoms with Crippen molar-refractivity contribution in [3.05, 3.63) is 53.9 Å². The van der Waals surface area contributed by atoms with Crippen LogP contribution in [0.3, 0.4) is 0 Å². The fourth-order valence-corrected chi connectivity index (χ4v) is 4.76. The van der Waals surface area contributed by atoms with E-state index in [0.717, 1.165) is 22.4 Å². The van der Waals surface area contributed by atoms with Gasteiger partial charge in [-0.2, -0.15) is 0 Å². The van der Waals surface area contributed by atoms with Crippen LogP contribution in [0.1, 0.15) is 24.0 Å². The fourth-order valence-electron chi connectivity index (χ4n) is 3.91. The summed E-state index contributed by atoms with van der Waals surface area (Å²) in [6.07, 6.45) is 4.45. The molecule has 1 amide bonds. The highest BCUT2D eigenvalue weighted by atomic mass is 32.2. The summed E-state index contributed by atoms with van der Waals surface area (Å²) in [6.45, 7) is 5.04. The second kappa shape index (κ2) is 9.52. The molecule has 0 bridgehead atoms. The summed E-state index contributed by atoms with van der Waals surface area (Å²) in [5, 5.41) is 18.6. The maximum absolute atomic E-state index is 12.8. The van der Waals surface area contributed by atoms with Crippen molar-refractivity contribution in [2.75, 3.05) is 18.8 Å². The number of carboxylic acid groups (broad SMARTS) is 1. The van der Waals surface area contributed by atoms with E-state index in [1.165, 1.54) is 11.8 Å². The molecule has 9 heteroatoms. The number of likely N-dealkylation sites (tertiary alicyclic amines) is 1. The highest BCUT2D eigenvalue weighted by Gasteiger charge is 2.27. The van der Waals surface area contributed by atoms with Crippen LogP contribution in [0.4, 0.5) is 0 Å². The van der Waals surface area contributed by atoms with Crippen LogP contribution in [0.15, 0.2) is 47.9 Å². The first-order valence-electron chi connectivity index (χ1n) is 10.5. The first-order valence-corrected chi connectivity index (χ1v) is 11.5. The number of thioether (sulfide) groups is 1. The Morgan fingerprint density at radius 3 is 2.59 bits per heavy atom. The van der Waals surface area contributed by atoms with Crippen LogP contribution < -0.4 is 0 Å². The SMILES string of the molecule is Cc1ccc(-n2c(SCC(=O)N3CCC(C(=O)O)CC3)nnc2-c2cccnc2)c(C)c1. The van der Waals surface area contributed by atoms with E-state index >= 15 is 0 Å². The summed E-state index contributed by atoms with van der Waals surface area (Å²) in [4.78, 5) is 29.9. The lowest BCUT2D eigenvalue weighted by Crippen LogP contribution is -2.41. The fraction of sp³-hybridized carbons (Fsp3) is 0.348.